The average molecular weight is 229 g/mol. The van der Waals surface area contributed by atoms with Crippen molar-refractivity contribution in [3.05, 3.63) is 0 Å². The van der Waals surface area contributed by atoms with Crippen LogP contribution in [0.15, 0.2) is 0 Å². The molecule has 2 saturated heterocycles. The van der Waals surface area contributed by atoms with Crippen LogP contribution in [-0.4, -0.2) is 48.5 Å². The van der Waals surface area contributed by atoms with Crippen LogP contribution >= 0.6 is 0 Å². The van der Waals surface area contributed by atoms with Crippen molar-refractivity contribution in [1.82, 2.24) is 5.06 Å². The monoisotopic (exact) mass is 229 g/mol. The van der Waals surface area contributed by atoms with E-state index in [2.05, 4.69) is 0 Å². The van der Waals surface area contributed by atoms with Gasteiger partial charge in [0.25, 0.3) is 0 Å². The molecule has 5 nitrogen and oxygen atoms in total. The molecule has 0 aliphatic carbocycles. The summed E-state index contributed by atoms with van der Waals surface area (Å²) >= 11 is 0. The summed E-state index contributed by atoms with van der Waals surface area (Å²) in [6.07, 6.45) is 3.33. The Labute approximate surface area is 95.3 Å². The first-order valence-electron chi connectivity index (χ1n) is 5.90. The minimum Gasteiger partial charge on any atom is -0.469 e. The van der Waals surface area contributed by atoms with E-state index >= 15 is 0 Å². The van der Waals surface area contributed by atoms with Crippen molar-refractivity contribution in [2.24, 2.45) is 5.92 Å². The van der Waals surface area contributed by atoms with Crippen LogP contribution in [0, 0.1) is 5.92 Å². The van der Waals surface area contributed by atoms with E-state index in [1.807, 2.05) is 5.06 Å². The molecule has 2 heterocycles. The third kappa shape index (κ3) is 2.07. The van der Waals surface area contributed by atoms with Crippen LogP contribution in [0.4, 0.5) is 0 Å². The highest BCUT2D eigenvalue weighted by Gasteiger charge is 2.49. The zero-order chi connectivity index (χ0) is 11.5. The number of hydrogen-bond donors (Lipinski definition) is 1. The molecule has 2 rings (SSSR count). The maximum Gasteiger partial charge on any atom is 0.313 e. The Balaban J connectivity index is 2.03. The van der Waals surface area contributed by atoms with Crippen molar-refractivity contribution in [3.63, 3.8) is 0 Å². The van der Waals surface area contributed by atoms with Crippen molar-refractivity contribution < 1.29 is 19.5 Å². The van der Waals surface area contributed by atoms with Gasteiger partial charge in [0.15, 0.2) is 0 Å². The van der Waals surface area contributed by atoms with E-state index in [4.69, 9.17) is 14.7 Å². The van der Waals surface area contributed by atoms with Crippen LogP contribution < -0.4 is 0 Å². The van der Waals surface area contributed by atoms with Gasteiger partial charge in [-0.05, 0) is 25.7 Å². The third-order valence-corrected chi connectivity index (χ3v) is 3.45. The fourth-order valence-corrected chi connectivity index (χ4v) is 2.71. The molecule has 3 atom stereocenters. The highest BCUT2D eigenvalue weighted by Crippen LogP contribution is 2.37. The highest BCUT2D eigenvalue weighted by atomic mass is 16.7. The van der Waals surface area contributed by atoms with Crippen molar-refractivity contribution in [2.45, 2.75) is 37.8 Å². The number of methoxy groups -OCH3 is 1. The molecule has 16 heavy (non-hydrogen) atoms. The standard InChI is InChI=1S/C11H19NO4/c1-15-11(14)10-8-4-2-6-12(8)16-9(10)5-3-7-13/h8-10,13H,2-7H2,1H3/t8-,9-,10-/m0/s1. The van der Waals surface area contributed by atoms with Gasteiger partial charge in [0.1, 0.15) is 5.92 Å². The first-order valence-corrected chi connectivity index (χ1v) is 5.90. The third-order valence-electron chi connectivity index (χ3n) is 3.45. The summed E-state index contributed by atoms with van der Waals surface area (Å²) in [6.45, 7) is 1.03. The molecule has 2 aliphatic rings. The summed E-state index contributed by atoms with van der Waals surface area (Å²) in [5.41, 5.74) is 0. The molecule has 0 aromatic rings. The fraction of sp³-hybridized carbons (Fsp3) is 0.909. The van der Waals surface area contributed by atoms with Crippen LogP contribution in [0.2, 0.25) is 0 Å². The van der Waals surface area contributed by atoms with Gasteiger partial charge < -0.3 is 9.84 Å². The highest BCUT2D eigenvalue weighted by molar-refractivity contribution is 5.74. The van der Waals surface area contributed by atoms with E-state index in [1.54, 1.807) is 0 Å². The Hall–Kier alpha value is -0.650. The number of aliphatic hydroxyl groups is 1. The van der Waals surface area contributed by atoms with E-state index in [9.17, 15) is 4.79 Å². The number of hydroxylamine groups is 2. The van der Waals surface area contributed by atoms with Gasteiger partial charge in [0.05, 0.1) is 19.3 Å². The van der Waals surface area contributed by atoms with Crippen molar-refractivity contribution in [3.8, 4) is 0 Å². The van der Waals surface area contributed by atoms with Gasteiger partial charge in [-0.2, -0.15) is 5.06 Å². The normalized spacial score (nSPS) is 34.0. The Kier molecular flexibility index (Phi) is 3.78. The van der Waals surface area contributed by atoms with Crippen molar-refractivity contribution in [1.29, 1.82) is 0 Å². The summed E-state index contributed by atoms with van der Waals surface area (Å²) < 4.78 is 4.84. The molecule has 0 amide bonds. The largest absolute Gasteiger partial charge is 0.469 e. The van der Waals surface area contributed by atoms with Gasteiger partial charge in [-0.15, -0.1) is 0 Å². The number of hydrogen-bond acceptors (Lipinski definition) is 5. The lowest BCUT2D eigenvalue weighted by molar-refractivity contribution is -0.156. The number of ether oxygens (including phenoxy) is 1. The Bertz CT molecular complexity index is 258. The second kappa shape index (κ2) is 5.12. The van der Waals surface area contributed by atoms with Crippen LogP contribution in [0.5, 0.6) is 0 Å². The molecule has 0 saturated carbocycles. The van der Waals surface area contributed by atoms with Crippen LogP contribution in [0.25, 0.3) is 0 Å². The van der Waals surface area contributed by atoms with Crippen molar-refractivity contribution in [2.75, 3.05) is 20.3 Å². The van der Waals surface area contributed by atoms with E-state index in [0.29, 0.717) is 12.8 Å². The average Bonchev–Trinajstić information content (AvgIpc) is 2.84. The van der Waals surface area contributed by atoms with Crippen LogP contribution in [-0.2, 0) is 14.4 Å². The van der Waals surface area contributed by atoms with Gasteiger partial charge in [-0.3, -0.25) is 9.63 Å². The minimum absolute atomic E-state index is 0.120. The lowest BCUT2D eigenvalue weighted by Gasteiger charge is -2.17. The SMILES string of the molecule is COC(=O)[C@@H]1[C@H](CCCO)ON2CCC[C@@H]12. The maximum atomic E-state index is 11.7. The molecule has 0 spiro atoms. The summed E-state index contributed by atoms with van der Waals surface area (Å²) in [6, 6.07) is 0.177. The zero-order valence-corrected chi connectivity index (χ0v) is 9.59. The quantitative estimate of drug-likeness (QED) is 0.704. The lowest BCUT2D eigenvalue weighted by Crippen LogP contribution is -2.33. The predicted molar refractivity (Wildman–Crippen MR) is 56.4 cm³/mol. The molecule has 2 fully saturated rings. The Morgan fingerprint density at radius 3 is 3.12 bits per heavy atom. The van der Waals surface area contributed by atoms with Crippen LogP contribution in [0.1, 0.15) is 25.7 Å². The number of esters is 1. The molecule has 0 aromatic carbocycles. The molecule has 0 aromatic heterocycles. The molecule has 0 bridgehead atoms. The van der Waals surface area contributed by atoms with Gasteiger partial charge in [0.2, 0.25) is 0 Å². The summed E-state index contributed by atoms with van der Waals surface area (Å²) in [5.74, 6) is -0.364. The predicted octanol–water partition coefficient (Wildman–Crippen LogP) is 0.326. The van der Waals surface area contributed by atoms with E-state index in [0.717, 1.165) is 19.4 Å². The van der Waals surface area contributed by atoms with E-state index in [-0.39, 0.29) is 30.6 Å². The van der Waals surface area contributed by atoms with Gasteiger partial charge >= 0.3 is 5.97 Å². The summed E-state index contributed by atoms with van der Waals surface area (Å²) in [7, 11) is 1.42. The first kappa shape index (κ1) is 11.8. The van der Waals surface area contributed by atoms with Gasteiger partial charge in [-0.1, -0.05) is 0 Å². The molecule has 0 unspecified atom stereocenters. The first-order chi connectivity index (χ1) is 7.77. The topological polar surface area (TPSA) is 59.0 Å². The Morgan fingerprint density at radius 2 is 2.44 bits per heavy atom. The Morgan fingerprint density at radius 1 is 1.62 bits per heavy atom. The smallest absolute Gasteiger partial charge is 0.313 e. The second-order valence-electron chi connectivity index (χ2n) is 4.41. The molecule has 1 N–H and O–H groups in total. The molecule has 92 valence electrons. The van der Waals surface area contributed by atoms with Gasteiger partial charge in [-0.25, -0.2) is 0 Å². The second-order valence-corrected chi connectivity index (χ2v) is 4.41. The van der Waals surface area contributed by atoms with E-state index < -0.39 is 0 Å². The fourth-order valence-electron chi connectivity index (χ4n) is 2.71. The van der Waals surface area contributed by atoms with Crippen LogP contribution in [0.3, 0.4) is 0 Å². The number of aliphatic hydroxyl groups excluding tert-OH is 1. The van der Waals surface area contributed by atoms with Gasteiger partial charge in [0, 0.05) is 13.2 Å². The number of nitrogens with zero attached hydrogens (tertiary/aromatic N) is 1. The summed E-state index contributed by atoms with van der Waals surface area (Å²) in [5, 5.41) is 10.7. The van der Waals surface area contributed by atoms with E-state index in [1.165, 1.54) is 7.11 Å². The molecular weight excluding hydrogens is 210 g/mol. The van der Waals surface area contributed by atoms with Crippen molar-refractivity contribution >= 4 is 5.97 Å². The zero-order valence-electron chi connectivity index (χ0n) is 9.59. The maximum absolute atomic E-state index is 11.7. The summed E-state index contributed by atoms with van der Waals surface area (Å²) in [4.78, 5) is 17.5. The molecular formula is C11H19NO4. The lowest BCUT2D eigenvalue weighted by atomic mass is 9.91. The number of rotatable bonds is 4. The minimum atomic E-state index is -0.183. The number of carbonyl (C=O) groups is 1. The molecule has 0 radical (unpaired) electrons. The number of carbonyl (C=O) groups excluding carboxylic acids is 1. The number of fused-ring (bicyclic) bond motifs is 1. The molecule has 5 heteroatoms. The molecule has 2 aliphatic heterocycles.